The molecule has 0 radical (unpaired) electrons. The number of hydrogen-bond donors (Lipinski definition) is 2. The van der Waals surface area contributed by atoms with Crippen LogP contribution < -0.4 is 5.32 Å². The molecule has 0 atom stereocenters. The predicted molar refractivity (Wildman–Crippen MR) is 60.5 cm³/mol. The van der Waals surface area contributed by atoms with E-state index in [-0.39, 0.29) is 5.56 Å². The van der Waals surface area contributed by atoms with Gasteiger partial charge in [-0.15, -0.1) is 0 Å². The third-order valence-electron chi connectivity index (χ3n) is 3.22. The molecule has 2 N–H and O–H groups in total. The molecule has 1 fully saturated rings. The molecule has 1 saturated carbocycles. The van der Waals surface area contributed by atoms with Crippen molar-refractivity contribution in [3.05, 3.63) is 29.8 Å². The number of aliphatic carboxylic acids is 1. The summed E-state index contributed by atoms with van der Waals surface area (Å²) in [6.45, 7) is 0. The first-order valence-electron chi connectivity index (χ1n) is 5.72. The van der Waals surface area contributed by atoms with Crippen LogP contribution in [0.15, 0.2) is 18.3 Å². The van der Waals surface area contributed by atoms with Crippen molar-refractivity contribution in [1.82, 2.24) is 10.3 Å². The normalized spacial score (nSPS) is 17.4. The van der Waals surface area contributed by atoms with Crippen molar-refractivity contribution >= 4 is 11.9 Å². The standard InChI is InChI=1S/C12H13FN2O3/c13-9-8(4-3-7-14-9)10(16)15-12(11(17)18)5-1-2-6-12/h3-4,7H,1-2,5-6H2,(H,15,16)(H,17,18). The van der Waals surface area contributed by atoms with Gasteiger partial charge in [-0.25, -0.2) is 9.78 Å². The quantitative estimate of drug-likeness (QED) is 0.796. The molecule has 0 saturated heterocycles. The van der Waals surface area contributed by atoms with Gasteiger partial charge >= 0.3 is 5.97 Å². The van der Waals surface area contributed by atoms with E-state index in [4.69, 9.17) is 0 Å². The van der Waals surface area contributed by atoms with E-state index >= 15 is 0 Å². The van der Waals surface area contributed by atoms with Crippen LogP contribution in [0.25, 0.3) is 0 Å². The summed E-state index contributed by atoms with van der Waals surface area (Å²) in [5.74, 6) is -2.70. The summed E-state index contributed by atoms with van der Waals surface area (Å²) in [4.78, 5) is 26.5. The smallest absolute Gasteiger partial charge is 0.329 e. The number of carbonyl (C=O) groups is 2. The van der Waals surface area contributed by atoms with Crippen molar-refractivity contribution in [1.29, 1.82) is 0 Å². The number of rotatable bonds is 3. The lowest BCUT2D eigenvalue weighted by atomic mass is 9.97. The lowest BCUT2D eigenvalue weighted by molar-refractivity contribution is -0.144. The minimum Gasteiger partial charge on any atom is -0.480 e. The van der Waals surface area contributed by atoms with Crippen molar-refractivity contribution in [3.63, 3.8) is 0 Å². The van der Waals surface area contributed by atoms with Crippen LogP contribution in [0, 0.1) is 5.95 Å². The highest BCUT2D eigenvalue weighted by Crippen LogP contribution is 2.30. The Bertz CT molecular complexity index is 484. The van der Waals surface area contributed by atoms with E-state index in [1.807, 2.05) is 0 Å². The predicted octanol–water partition coefficient (Wildman–Crippen LogP) is 1.35. The average molecular weight is 252 g/mol. The lowest BCUT2D eigenvalue weighted by Crippen LogP contribution is -2.52. The third-order valence-corrected chi connectivity index (χ3v) is 3.22. The summed E-state index contributed by atoms with van der Waals surface area (Å²) in [6, 6.07) is 2.71. The van der Waals surface area contributed by atoms with Gasteiger partial charge in [-0.1, -0.05) is 12.8 Å². The van der Waals surface area contributed by atoms with E-state index in [2.05, 4.69) is 10.3 Å². The largest absolute Gasteiger partial charge is 0.480 e. The van der Waals surface area contributed by atoms with Gasteiger partial charge in [0, 0.05) is 6.20 Å². The molecule has 0 unspecified atom stereocenters. The molecular formula is C12H13FN2O3. The minimum absolute atomic E-state index is 0.231. The molecule has 96 valence electrons. The number of carbonyl (C=O) groups excluding carboxylic acids is 1. The van der Waals surface area contributed by atoms with Crippen LogP contribution in [-0.2, 0) is 4.79 Å². The van der Waals surface area contributed by atoms with Crippen molar-refractivity contribution < 1.29 is 19.1 Å². The van der Waals surface area contributed by atoms with Crippen LogP contribution in [0.2, 0.25) is 0 Å². The van der Waals surface area contributed by atoms with Gasteiger partial charge in [0.1, 0.15) is 5.54 Å². The highest BCUT2D eigenvalue weighted by atomic mass is 19.1. The maximum Gasteiger partial charge on any atom is 0.329 e. The Hall–Kier alpha value is -1.98. The third kappa shape index (κ3) is 2.18. The minimum atomic E-state index is -1.26. The van der Waals surface area contributed by atoms with E-state index in [0.29, 0.717) is 12.8 Å². The molecular weight excluding hydrogens is 239 g/mol. The summed E-state index contributed by atoms with van der Waals surface area (Å²) in [7, 11) is 0. The molecule has 18 heavy (non-hydrogen) atoms. The van der Waals surface area contributed by atoms with Crippen LogP contribution in [0.5, 0.6) is 0 Å². The molecule has 2 rings (SSSR count). The van der Waals surface area contributed by atoms with Gasteiger partial charge in [0.2, 0.25) is 5.95 Å². The number of carboxylic acid groups (broad SMARTS) is 1. The number of nitrogens with zero attached hydrogens (tertiary/aromatic N) is 1. The zero-order chi connectivity index (χ0) is 13.2. The fourth-order valence-corrected chi connectivity index (χ4v) is 2.21. The molecule has 0 spiro atoms. The first-order chi connectivity index (χ1) is 8.55. The van der Waals surface area contributed by atoms with E-state index in [9.17, 15) is 19.1 Å². The molecule has 5 nitrogen and oxygen atoms in total. The van der Waals surface area contributed by atoms with Crippen LogP contribution in [-0.4, -0.2) is 27.5 Å². The molecule has 1 aromatic heterocycles. The first-order valence-corrected chi connectivity index (χ1v) is 5.72. The zero-order valence-electron chi connectivity index (χ0n) is 9.65. The van der Waals surface area contributed by atoms with Crippen molar-refractivity contribution in [2.45, 2.75) is 31.2 Å². The number of aromatic nitrogens is 1. The van der Waals surface area contributed by atoms with Crippen molar-refractivity contribution in [3.8, 4) is 0 Å². The van der Waals surface area contributed by atoms with E-state index < -0.39 is 23.4 Å². The number of carboxylic acids is 1. The summed E-state index contributed by atoms with van der Waals surface area (Å²) in [5.41, 5.74) is -1.50. The number of pyridine rings is 1. The Kier molecular flexibility index (Phi) is 3.27. The number of amides is 1. The maximum absolute atomic E-state index is 13.3. The molecule has 1 aromatic rings. The van der Waals surface area contributed by atoms with E-state index in [1.54, 1.807) is 0 Å². The SMILES string of the molecule is O=C(NC1(C(=O)O)CCCC1)c1cccnc1F. The Morgan fingerprint density at radius 1 is 1.39 bits per heavy atom. The number of nitrogens with one attached hydrogen (secondary N) is 1. The Labute approximate surface area is 103 Å². The van der Waals surface area contributed by atoms with E-state index in [1.165, 1.54) is 18.3 Å². The van der Waals surface area contributed by atoms with Gasteiger partial charge in [-0.05, 0) is 25.0 Å². The summed E-state index contributed by atoms with van der Waals surface area (Å²) in [6.07, 6.45) is 3.45. The molecule has 6 heteroatoms. The summed E-state index contributed by atoms with van der Waals surface area (Å²) in [5, 5.41) is 11.6. The number of halogens is 1. The summed E-state index contributed by atoms with van der Waals surface area (Å²) >= 11 is 0. The Morgan fingerprint density at radius 2 is 2.06 bits per heavy atom. The van der Waals surface area contributed by atoms with Gasteiger partial charge in [0.05, 0.1) is 5.56 Å². The Balaban J connectivity index is 2.21. The number of hydrogen-bond acceptors (Lipinski definition) is 3. The molecule has 1 amide bonds. The second kappa shape index (κ2) is 4.72. The fourth-order valence-electron chi connectivity index (χ4n) is 2.21. The fraction of sp³-hybridized carbons (Fsp3) is 0.417. The second-order valence-corrected chi connectivity index (χ2v) is 4.39. The van der Waals surface area contributed by atoms with E-state index in [0.717, 1.165) is 12.8 Å². The summed E-state index contributed by atoms with van der Waals surface area (Å²) < 4.78 is 13.3. The highest BCUT2D eigenvalue weighted by molar-refractivity contribution is 5.97. The highest BCUT2D eigenvalue weighted by Gasteiger charge is 2.43. The van der Waals surface area contributed by atoms with Crippen LogP contribution in [0.1, 0.15) is 36.0 Å². The Morgan fingerprint density at radius 3 is 2.61 bits per heavy atom. The van der Waals surface area contributed by atoms with Gasteiger partial charge in [0.15, 0.2) is 0 Å². The second-order valence-electron chi connectivity index (χ2n) is 4.39. The molecule has 0 bridgehead atoms. The molecule has 1 heterocycles. The van der Waals surface area contributed by atoms with Gasteiger partial charge in [0.25, 0.3) is 5.91 Å². The van der Waals surface area contributed by atoms with Crippen LogP contribution >= 0.6 is 0 Å². The van der Waals surface area contributed by atoms with Crippen LogP contribution in [0.3, 0.4) is 0 Å². The van der Waals surface area contributed by atoms with Crippen LogP contribution in [0.4, 0.5) is 4.39 Å². The molecule has 1 aliphatic rings. The topological polar surface area (TPSA) is 79.3 Å². The zero-order valence-corrected chi connectivity index (χ0v) is 9.65. The first kappa shape index (κ1) is 12.5. The molecule has 0 aliphatic heterocycles. The molecule has 1 aliphatic carbocycles. The maximum atomic E-state index is 13.3. The van der Waals surface area contributed by atoms with Crippen molar-refractivity contribution in [2.24, 2.45) is 0 Å². The lowest BCUT2D eigenvalue weighted by Gasteiger charge is -2.25. The van der Waals surface area contributed by atoms with Gasteiger partial charge in [-0.3, -0.25) is 4.79 Å². The monoisotopic (exact) mass is 252 g/mol. The van der Waals surface area contributed by atoms with Gasteiger partial charge < -0.3 is 10.4 Å². The average Bonchev–Trinajstić information content (AvgIpc) is 2.79. The van der Waals surface area contributed by atoms with Crippen molar-refractivity contribution in [2.75, 3.05) is 0 Å². The molecule has 0 aromatic carbocycles. The van der Waals surface area contributed by atoms with Gasteiger partial charge in [-0.2, -0.15) is 4.39 Å².